The van der Waals surface area contributed by atoms with Crippen LogP contribution in [0.25, 0.3) is 0 Å². The van der Waals surface area contributed by atoms with Gasteiger partial charge in [0.05, 0.1) is 16.6 Å². The molecule has 178 valence electrons. The minimum Gasteiger partial charge on any atom is -0.378 e. The SMILES string of the molecule is CN(C)c1ccc(C(CNC(=O)c2ccccc2Cl)N2CCN(c3ccc(F)cc3)CC2)cc1. The predicted molar refractivity (Wildman–Crippen MR) is 137 cm³/mol. The van der Waals surface area contributed by atoms with Crippen LogP contribution in [-0.4, -0.2) is 57.6 Å². The molecular formula is C27H30ClFN4O. The van der Waals surface area contributed by atoms with Crippen LogP contribution in [0.5, 0.6) is 0 Å². The van der Waals surface area contributed by atoms with E-state index in [2.05, 4.69) is 44.3 Å². The summed E-state index contributed by atoms with van der Waals surface area (Å²) in [7, 11) is 4.04. The first-order valence-corrected chi connectivity index (χ1v) is 11.8. The van der Waals surface area contributed by atoms with Crippen molar-refractivity contribution in [2.24, 2.45) is 0 Å². The molecule has 3 aromatic rings. The van der Waals surface area contributed by atoms with Crippen molar-refractivity contribution < 1.29 is 9.18 Å². The number of nitrogens with zero attached hydrogens (tertiary/aromatic N) is 3. The summed E-state index contributed by atoms with van der Waals surface area (Å²) in [5.74, 6) is -0.400. The van der Waals surface area contributed by atoms with E-state index in [1.54, 1.807) is 12.1 Å². The lowest BCUT2D eigenvalue weighted by atomic mass is 10.0. The van der Waals surface area contributed by atoms with Crippen LogP contribution >= 0.6 is 11.6 Å². The topological polar surface area (TPSA) is 38.8 Å². The zero-order chi connectivity index (χ0) is 24.1. The van der Waals surface area contributed by atoms with Gasteiger partial charge in [-0.25, -0.2) is 4.39 Å². The van der Waals surface area contributed by atoms with E-state index >= 15 is 0 Å². The Morgan fingerprint density at radius 3 is 2.24 bits per heavy atom. The van der Waals surface area contributed by atoms with Crippen molar-refractivity contribution in [2.45, 2.75) is 6.04 Å². The number of hydrogen-bond donors (Lipinski definition) is 1. The maximum absolute atomic E-state index is 13.3. The number of anilines is 2. The van der Waals surface area contributed by atoms with Crippen LogP contribution in [0.3, 0.4) is 0 Å². The number of nitrogens with one attached hydrogen (secondary N) is 1. The Morgan fingerprint density at radius 1 is 0.971 bits per heavy atom. The van der Waals surface area contributed by atoms with Gasteiger partial charge in [0.2, 0.25) is 0 Å². The van der Waals surface area contributed by atoms with Gasteiger partial charge in [-0.1, -0.05) is 35.9 Å². The van der Waals surface area contributed by atoms with Crippen LogP contribution in [-0.2, 0) is 0 Å². The molecule has 1 heterocycles. The normalized spacial score (nSPS) is 15.1. The van der Waals surface area contributed by atoms with Gasteiger partial charge in [0, 0.05) is 58.2 Å². The quantitative estimate of drug-likeness (QED) is 0.525. The van der Waals surface area contributed by atoms with Gasteiger partial charge < -0.3 is 15.1 Å². The third kappa shape index (κ3) is 5.69. The molecule has 4 rings (SSSR count). The molecule has 0 spiro atoms. The molecule has 1 aliphatic heterocycles. The van der Waals surface area contributed by atoms with Gasteiger partial charge >= 0.3 is 0 Å². The minimum atomic E-state index is -0.224. The fraction of sp³-hybridized carbons (Fsp3) is 0.296. The molecular weight excluding hydrogens is 451 g/mol. The third-order valence-electron chi connectivity index (χ3n) is 6.32. The average molecular weight is 481 g/mol. The highest BCUT2D eigenvalue weighted by Crippen LogP contribution is 2.26. The Hall–Kier alpha value is -3.09. The van der Waals surface area contributed by atoms with Crippen molar-refractivity contribution >= 4 is 28.9 Å². The number of halogens is 2. The molecule has 1 atom stereocenters. The number of carbonyl (C=O) groups excluding carboxylic acids is 1. The summed E-state index contributed by atoms with van der Waals surface area (Å²) in [6, 6.07) is 22.2. The van der Waals surface area contributed by atoms with Gasteiger partial charge in [-0.2, -0.15) is 0 Å². The van der Waals surface area contributed by atoms with Crippen molar-refractivity contribution in [1.82, 2.24) is 10.2 Å². The molecule has 0 aliphatic carbocycles. The number of amides is 1. The highest BCUT2D eigenvalue weighted by molar-refractivity contribution is 6.33. The van der Waals surface area contributed by atoms with Crippen LogP contribution < -0.4 is 15.1 Å². The van der Waals surface area contributed by atoms with Crippen molar-refractivity contribution in [3.8, 4) is 0 Å². The van der Waals surface area contributed by atoms with E-state index in [0.29, 0.717) is 17.1 Å². The van der Waals surface area contributed by atoms with E-state index in [1.807, 2.05) is 38.4 Å². The maximum atomic E-state index is 13.3. The molecule has 3 aromatic carbocycles. The van der Waals surface area contributed by atoms with Gasteiger partial charge in [0.25, 0.3) is 5.91 Å². The Kier molecular flexibility index (Phi) is 7.70. The lowest BCUT2D eigenvalue weighted by molar-refractivity contribution is 0.0930. The monoisotopic (exact) mass is 480 g/mol. The van der Waals surface area contributed by atoms with Crippen molar-refractivity contribution in [3.63, 3.8) is 0 Å². The Bertz CT molecular complexity index is 1100. The molecule has 0 bridgehead atoms. The summed E-state index contributed by atoms with van der Waals surface area (Å²) in [4.78, 5) is 19.6. The molecule has 0 saturated carbocycles. The van der Waals surface area contributed by atoms with Gasteiger partial charge in [-0.15, -0.1) is 0 Å². The van der Waals surface area contributed by atoms with Gasteiger partial charge in [0.1, 0.15) is 5.82 Å². The van der Waals surface area contributed by atoms with Crippen LogP contribution in [0.4, 0.5) is 15.8 Å². The van der Waals surface area contributed by atoms with Crippen LogP contribution in [0, 0.1) is 5.82 Å². The average Bonchev–Trinajstić information content (AvgIpc) is 2.85. The van der Waals surface area contributed by atoms with E-state index in [-0.39, 0.29) is 17.8 Å². The highest BCUT2D eigenvalue weighted by atomic mass is 35.5. The summed E-state index contributed by atoms with van der Waals surface area (Å²) in [6.45, 7) is 3.80. The standard InChI is InChI=1S/C27H30ClFN4O/c1-31(2)22-11-7-20(8-12-22)26(19-30-27(34)24-5-3-4-6-25(24)28)33-17-15-32(16-18-33)23-13-9-21(29)10-14-23/h3-14,26H,15-19H2,1-2H3,(H,30,34). The fourth-order valence-electron chi connectivity index (χ4n) is 4.33. The summed E-state index contributed by atoms with van der Waals surface area (Å²) in [5, 5.41) is 3.54. The highest BCUT2D eigenvalue weighted by Gasteiger charge is 2.26. The number of rotatable bonds is 7. The van der Waals surface area contributed by atoms with E-state index in [1.165, 1.54) is 12.1 Å². The van der Waals surface area contributed by atoms with Crippen molar-refractivity contribution in [1.29, 1.82) is 0 Å². The Labute approximate surface area is 205 Å². The molecule has 1 amide bonds. The zero-order valence-electron chi connectivity index (χ0n) is 19.5. The maximum Gasteiger partial charge on any atom is 0.252 e. The lowest BCUT2D eigenvalue weighted by Crippen LogP contribution is -2.50. The van der Waals surface area contributed by atoms with E-state index < -0.39 is 0 Å². The molecule has 0 aromatic heterocycles. The second-order valence-corrected chi connectivity index (χ2v) is 9.10. The number of benzene rings is 3. The third-order valence-corrected chi connectivity index (χ3v) is 6.65. The van der Waals surface area contributed by atoms with E-state index in [0.717, 1.165) is 43.1 Å². The summed E-state index contributed by atoms with van der Waals surface area (Å²) >= 11 is 6.23. The van der Waals surface area contributed by atoms with Crippen LogP contribution in [0.15, 0.2) is 72.8 Å². The lowest BCUT2D eigenvalue weighted by Gasteiger charge is -2.40. The smallest absolute Gasteiger partial charge is 0.252 e. The Morgan fingerprint density at radius 2 is 1.62 bits per heavy atom. The molecule has 1 aliphatic rings. The second kappa shape index (κ2) is 10.9. The van der Waals surface area contributed by atoms with Gasteiger partial charge in [-0.05, 0) is 54.1 Å². The number of piperazine rings is 1. The van der Waals surface area contributed by atoms with Crippen LogP contribution in [0.1, 0.15) is 22.0 Å². The van der Waals surface area contributed by atoms with E-state index in [9.17, 15) is 9.18 Å². The summed E-state index contributed by atoms with van der Waals surface area (Å²) < 4.78 is 13.3. The molecule has 7 heteroatoms. The summed E-state index contributed by atoms with van der Waals surface area (Å²) in [6.07, 6.45) is 0. The molecule has 34 heavy (non-hydrogen) atoms. The molecule has 5 nitrogen and oxygen atoms in total. The molecule has 1 unspecified atom stereocenters. The number of hydrogen-bond acceptors (Lipinski definition) is 4. The first-order valence-electron chi connectivity index (χ1n) is 11.5. The fourth-order valence-corrected chi connectivity index (χ4v) is 4.55. The number of carbonyl (C=O) groups is 1. The van der Waals surface area contributed by atoms with Gasteiger partial charge in [-0.3, -0.25) is 9.69 Å². The molecule has 1 N–H and O–H groups in total. The minimum absolute atomic E-state index is 0.0259. The summed E-state index contributed by atoms with van der Waals surface area (Å²) in [5.41, 5.74) is 3.79. The second-order valence-electron chi connectivity index (χ2n) is 8.69. The zero-order valence-corrected chi connectivity index (χ0v) is 20.3. The van der Waals surface area contributed by atoms with Crippen molar-refractivity contribution in [2.75, 3.05) is 56.6 Å². The van der Waals surface area contributed by atoms with Crippen molar-refractivity contribution in [3.05, 3.63) is 94.8 Å². The Balaban J connectivity index is 1.49. The first-order chi connectivity index (χ1) is 16.4. The van der Waals surface area contributed by atoms with Crippen LogP contribution in [0.2, 0.25) is 5.02 Å². The predicted octanol–water partition coefficient (Wildman–Crippen LogP) is 4.84. The molecule has 0 radical (unpaired) electrons. The van der Waals surface area contributed by atoms with E-state index in [4.69, 9.17) is 11.6 Å². The van der Waals surface area contributed by atoms with Gasteiger partial charge in [0.15, 0.2) is 0 Å². The molecule has 1 saturated heterocycles. The first kappa shape index (κ1) is 24.0. The molecule has 1 fully saturated rings. The largest absolute Gasteiger partial charge is 0.378 e.